The summed E-state index contributed by atoms with van der Waals surface area (Å²) in [5, 5.41) is 2.43. The maximum atomic E-state index is 6.02. The zero-order chi connectivity index (χ0) is 14.5. The Morgan fingerprint density at radius 1 is 1.00 bits per heavy atom. The first-order valence-corrected chi connectivity index (χ1v) is 7.94. The van der Waals surface area contributed by atoms with Crippen LogP contribution in [0.1, 0.15) is 24.8 Å². The number of nitrogens with zero attached hydrogens (tertiary/aromatic N) is 1. The average molecular weight is 284 g/mol. The van der Waals surface area contributed by atoms with E-state index in [1.54, 1.807) is 0 Å². The van der Waals surface area contributed by atoms with Crippen LogP contribution in [0, 0.1) is 0 Å². The Kier molecular flexibility index (Phi) is 4.73. The molecule has 0 saturated carbocycles. The Hall–Kier alpha value is -1.58. The third kappa shape index (κ3) is 3.36. The molecule has 3 rings (SSSR count). The van der Waals surface area contributed by atoms with Crippen LogP contribution in [0.4, 0.5) is 0 Å². The first kappa shape index (κ1) is 14.4. The highest BCUT2D eigenvalue weighted by Gasteiger charge is 2.11. The molecule has 3 heteroatoms. The van der Waals surface area contributed by atoms with Crippen molar-refractivity contribution in [2.45, 2.75) is 25.8 Å². The summed E-state index contributed by atoms with van der Waals surface area (Å²) in [6.07, 6.45) is 4.02. The smallest absolute Gasteiger partial charge is 0.124 e. The van der Waals surface area contributed by atoms with Crippen molar-refractivity contribution in [3.05, 3.63) is 42.0 Å². The fourth-order valence-electron chi connectivity index (χ4n) is 3.13. The first-order valence-electron chi connectivity index (χ1n) is 7.94. The van der Waals surface area contributed by atoms with Gasteiger partial charge < -0.3 is 10.5 Å². The molecule has 0 aromatic heterocycles. The lowest BCUT2D eigenvalue weighted by Crippen LogP contribution is -2.33. The Bertz CT molecular complexity index is 591. The largest absolute Gasteiger partial charge is 0.492 e. The predicted molar refractivity (Wildman–Crippen MR) is 87.6 cm³/mol. The topological polar surface area (TPSA) is 38.5 Å². The third-order valence-corrected chi connectivity index (χ3v) is 4.32. The van der Waals surface area contributed by atoms with E-state index >= 15 is 0 Å². The molecule has 3 nitrogen and oxygen atoms in total. The van der Waals surface area contributed by atoms with E-state index in [4.69, 9.17) is 10.5 Å². The van der Waals surface area contributed by atoms with Crippen molar-refractivity contribution in [3.8, 4) is 5.75 Å². The van der Waals surface area contributed by atoms with Gasteiger partial charge in [-0.3, -0.25) is 4.90 Å². The number of rotatable bonds is 5. The average Bonchev–Trinajstić information content (AvgIpc) is 2.55. The fourth-order valence-corrected chi connectivity index (χ4v) is 3.13. The number of hydrogen-bond acceptors (Lipinski definition) is 3. The van der Waals surface area contributed by atoms with E-state index in [-0.39, 0.29) is 0 Å². The van der Waals surface area contributed by atoms with Gasteiger partial charge in [0, 0.05) is 18.7 Å². The van der Waals surface area contributed by atoms with Gasteiger partial charge in [0.1, 0.15) is 12.4 Å². The van der Waals surface area contributed by atoms with Gasteiger partial charge in [-0.05, 0) is 42.8 Å². The molecule has 1 saturated heterocycles. The molecular formula is C18H24N2O. The highest BCUT2D eigenvalue weighted by Crippen LogP contribution is 2.27. The third-order valence-electron chi connectivity index (χ3n) is 4.32. The van der Waals surface area contributed by atoms with E-state index in [2.05, 4.69) is 41.3 Å². The summed E-state index contributed by atoms with van der Waals surface area (Å²) in [6.45, 7) is 4.69. The summed E-state index contributed by atoms with van der Waals surface area (Å²) in [7, 11) is 0. The molecule has 0 bridgehead atoms. The molecule has 1 heterocycles. The van der Waals surface area contributed by atoms with Gasteiger partial charge in [-0.1, -0.05) is 36.8 Å². The van der Waals surface area contributed by atoms with Crippen molar-refractivity contribution in [1.82, 2.24) is 4.90 Å². The van der Waals surface area contributed by atoms with Crippen LogP contribution in [0.25, 0.3) is 10.8 Å². The molecule has 1 aliphatic heterocycles. The number of fused-ring (bicyclic) bond motifs is 1. The van der Waals surface area contributed by atoms with E-state index in [1.807, 2.05) is 0 Å². The molecule has 0 unspecified atom stereocenters. The molecular weight excluding hydrogens is 260 g/mol. The molecule has 0 aliphatic carbocycles. The molecule has 2 N–H and O–H groups in total. The maximum Gasteiger partial charge on any atom is 0.124 e. The van der Waals surface area contributed by atoms with E-state index in [9.17, 15) is 0 Å². The minimum absolute atomic E-state index is 0.514. The van der Waals surface area contributed by atoms with Crippen LogP contribution in [0.15, 0.2) is 36.4 Å². The van der Waals surface area contributed by atoms with Gasteiger partial charge in [-0.2, -0.15) is 0 Å². The molecule has 0 radical (unpaired) electrons. The molecule has 21 heavy (non-hydrogen) atoms. The Labute approximate surface area is 126 Å². The minimum Gasteiger partial charge on any atom is -0.492 e. The zero-order valence-corrected chi connectivity index (χ0v) is 12.6. The van der Waals surface area contributed by atoms with Crippen molar-refractivity contribution in [1.29, 1.82) is 0 Å². The van der Waals surface area contributed by atoms with E-state index in [0.717, 1.165) is 24.5 Å². The Morgan fingerprint density at radius 2 is 1.81 bits per heavy atom. The lowest BCUT2D eigenvalue weighted by Gasteiger charge is -2.26. The van der Waals surface area contributed by atoms with E-state index in [1.165, 1.54) is 43.1 Å². The van der Waals surface area contributed by atoms with Gasteiger partial charge in [-0.15, -0.1) is 0 Å². The molecule has 0 spiro atoms. The maximum absolute atomic E-state index is 6.02. The van der Waals surface area contributed by atoms with Gasteiger partial charge in [0.25, 0.3) is 0 Å². The number of hydrogen-bond donors (Lipinski definition) is 1. The second kappa shape index (κ2) is 6.92. The SMILES string of the molecule is NCc1c(OCCN2CCCCC2)ccc2ccccc12. The van der Waals surface area contributed by atoms with Crippen molar-refractivity contribution in [2.75, 3.05) is 26.2 Å². The highest BCUT2D eigenvalue weighted by atomic mass is 16.5. The quantitative estimate of drug-likeness (QED) is 0.916. The van der Waals surface area contributed by atoms with Crippen LogP contribution in [-0.4, -0.2) is 31.1 Å². The predicted octanol–water partition coefficient (Wildman–Crippen LogP) is 3.16. The summed E-state index contributed by atoms with van der Waals surface area (Å²) < 4.78 is 6.02. The summed E-state index contributed by atoms with van der Waals surface area (Å²) in [5.41, 5.74) is 7.06. The molecule has 2 aromatic carbocycles. The van der Waals surface area contributed by atoms with Crippen LogP contribution in [0.2, 0.25) is 0 Å². The van der Waals surface area contributed by atoms with Gasteiger partial charge >= 0.3 is 0 Å². The Morgan fingerprint density at radius 3 is 2.62 bits per heavy atom. The van der Waals surface area contributed by atoms with Crippen molar-refractivity contribution in [3.63, 3.8) is 0 Å². The summed E-state index contributed by atoms with van der Waals surface area (Å²) in [5.74, 6) is 0.938. The fraction of sp³-hybridized carbons (Fsp3) is 0.444. The second-order valence-corrected chi connectivity index (χ2v) is 5.72. The second-order valence-electron chi connectivity index (χ2n) is 5.72. The molecule has 1 fully saturated rings. The standard InChI is InChI=1S/C18H24N2O/c19-14-17-16-7-3-2-6-15(16)8-9-18(17)21-13-12-20-10-4-1-5-11-20/h2-3,6-9H,1,4-5,10-14,19H2. The number of nitrogens with two attached hydrogens (primary N) is 1. The van der Waals surface area contributed by atoms with E-state index in [0.29, 0.717) is 6.54 Å². The first-order chi connectivity index (χ1) is 10.4. The van der Waals surface area contributed by atoms with Crippen LogP contribution >= 0.6 is 0 Å². The van der Waals surface area contributed by atoms with Gasteiger partial charge in [0.05, 0.1) is 0 Å². The van der Waals surface area contributed by atoms with Gasteiger partial charge in [0.2, 0.25) is 0 Å². The van der Waals surface area contributed by atoms with E-state index < -0.39 is 0 Å². The van der Waals surface area contributed by atoms with Crippen molar-refractivity contribution in [2.24, 2.45) is 5.73 Å². The number of likely N-dealkylation sites (tertiary alicyclic amines) is 1. The molecule has 0 amide bonds. The highest BCUT2D eigenvalue weighted by molar-refractivity contribution is 5.87. The van der Waals surface area contributed by atoms with Gasteiger partial charge in [-0.25, -0.2) is 0 Å². The van der Waals surface area contributed by atoms with Crippen LogP contribution in [0.3, 0.4) is 0 Å². The molecule has 112 valence electrons. The van der Waals surface area contributed by atoms with Crippen molar-refractivity contribution < 1.29 is 4.74 Å². The molecule has 1 aliphatic rings. The lowest BCUT2D eigenvalue weighted by atomic mass is 10.0. The van der Waals surface area contributed by atoms with Crippen LogP contribution in [-0.2, 0) is 6.54 Å². The van der Waals surface area contributed by atoms with Crippen LogP contribution in [0.5, 0.6) is 5.75 Å². The number of piperidine rings is 1. The summed E-state index contributed by atoms with van der Waals surface area (Å²) in [6, 6.07) is 12.5. The lowest BCUT2D eigenvalue weighted by molar-refractivity contribution is 0.183. The van der Waals surface area contributed by atoms with Gasteiger partial charge in [0.15, 0.2) is 0 Å². The number of ether oxygens (including phenoxy) is 1. The summed E-state index contributed by atoms with van der Waals surface area (Å²) >= 11 is 0. The number of benzene rings is 2. The Balaban J connectivity index is 1.68. The monoisotopic (exact) mass is 284 g/mol. The molecule has 0 atom stereocenters. The summed E-state index contributed by atoms with van der Waals surface area (Å²) in [4.78, 5) is 2.49. The zero-order valence-electron chi connectivity index (χ0n) is 12.6. The minimum atomic E-state index is 0.514. The van der Waals surface area contributed by atoms with Crippen LogP contribution < -0.4 is 10.5 Å². The normalized spacial score (nSPS) is 16.2. The molecule has 2 aromatic rings. The van der Waals surface area contributed by atoms with Crippen molar-refractivity contribution >= 4 is 10.8 Å².